The van der Waals surface area contributed by atoms with Crippen molar-refractivity contribution in [1.29, 1.82) is 0 Å². The van der Waals surface area contributed by atoms with Gasteiger partial charge in [-0.15, -0.1) is 0 Å². The molecule has 0 aromatic heterocycles. The van der Waals surface area contributed by atoms with E-state index >= 15 is 0 Å². The molecule has 0 unspecified atom stereocenters. The molecule has 1 aromatic rings. The Morgan fingerprint density at radius 2 is 1.84 bits per heavy atom. The Bertz CT molecular complexity index is 787. The Hall–Kier alpha value is -2.41. The van der Waals surface area contributed by atoms with Crippen LogP contribution in [0.2, 0.25) is 0 Å². The lowest BCUT2D eigenvalue weighted by atomic mass is 9.81. The van der Waals surface area contributed by atoms with Crippen LogP contribution in [-0.4, -0.2) is 48.9 Å². The van der Waals surface area contributed by atoms with Crippen molar-refractivity contribution in [3.8, 4) is 0 Å². The molecule has 1 aliphatic carbocycles. The maximum Gasteiger partial charge on any atom is 0.251 e. The molecule has 0 spiro atoms. The second-order valence-corrected chi connectivity index (χ2v) is 9.07. The molecule has 1 saturated heterocycles. The molecule has 31 heavy (non-hydrogen) atoms. The van der Waals surface area contributed by atoms with Crippen LogP contribution < -0.4 is 16.0 Å². The molecule has 0 radical (unpaired) electrons. The van der Waals surface area contributed by atoms with Crippen molar-refractivity contribution in [2.24, 2.45) is 5.41 Å². The van der Waals surface area contributed by atoms with Crippen LogP contribution >= 0.6 is 0 Å². The van der Waals surface area contributed by atoms with Gasteiger partial charge in [-0.2, -0.15) is 0 Å². The number of carbonyl (C=O) groups excluding carboxylic acids is 3. The zero-order valence-corrected chi connectivity index (χ0v) is 18.8. The molecule has 3 N–H and O–H groups in total. The highest BCUT2D eigenvalue weighted by molar-refractivity contribution is 5.99. The molecule has 1 aliphatic heterocycles. The second kappa shape index (κ2) is 10.3. The number of anilines is 1. The first-order chi connectivity index (χ1) is 14.8. The van der Waals surface area contributed by atoms with Gasteiger partial charge < -0.3 is 20.7 Å². The first-order valence-electron chi connectivity index (χ1n) is 11.4. The van der Waals surface area contributed by atoms with E-state index in [-0.39, 0.29) is 35.7 Å². The van der Waals surface area contributed by atoms with Gasteiger partial charge in [-0.3, -0.25) is 14.4 Å². The molecule has 2 aliphatic rings. The molecule has 1 aromatic carbocycles. The summed E-state index contributed by atoms with van der Waals surface area (Å²) in [6, 6.07) is 5.86. The fraction of sp³-hybridized carbons (Fsp3) is 0.625. The summed E-state index contributed by atoms with van der Waals surface area (Å²) < 4.78 is 5.48. The molecular weight excluding hydrogens is 394 g/mol. The van der Waals surface area contributed by atoms with E-state index in [1.54, 1.807) is 12.1 Å². The van der Waals surface area contributed by atoms with Crippen LogP contribution in [0.25, 0.3) is 0 Å². The normalized spacial score (nSPS) is 23.4. The Kier molecular flexibility index (Phi) is 7.70. The largest absolute Gasteiger partial charge is 0.385 e. The van der Waals surface area contributed by atoms with Crippen LogP contribution in [0.3, 0.4) is 0 Å². The van der Waals surface area contributed by atoms with Gasteiger partial charge >= 0.3 is 0 Å². The second-order valence-electron chi connectivity index (χ2n) is 9.07. The molecule has 1 saturated carbocycles. The lowest BCUT2D eigenvalue weighted by molar-refractivity contribution is -0.128. The van der Waals surface area contributed by atoms with E-state index < -0.39 is 12.1 Å². The van der Waals surface area contributed by atoms with Crippen LogP contribution in [0.5, 0.6) is 0 Å². The minimum Gasteiger partial charge on any atom is -0.385 e. The van der Waals surface area contributed by atoms with Crippen molar-refractivity contribution in [1.82, 2.24) is 10.6 Å². The predicted molar refractivity (Wildman–Crippen MR) is 120 cm³/mol. The maximum atomic E-state index is 13.2. The van der Waals surface area contributed by atoms with Crippen LogP contribution in [0, 0.1) is 5.41 Å². The van der Waals surface area contributed by atoms with E-state index in [1.165, 1.54) is 0 Å². The van der Waals surface area contributed by atoms with E-state index in [0.29, 0.717) is 18.4 Å². The maximum absolute atomic E-state index is 13.2. The number of ether oxygens (including phenoxy) is 1. The summed E-state index contributed by atoms with van der Waals surface area (Å²) in [5, 5.41) is 9.00. The number of hydrogen-bond donors (Lipinski definition) is 3. The topological polar surface area (TPSA) is 96.5 Å². The van der Waals surface area contributed by atoms with E-state index in [1.807, 2.05) is 26.0 Å². The minimum atomic E-state index is -0.699. The smallest absolute Gasteiger partial charge is 0.251 e. The lowest BCUT2D eigenvalue weighted by Crippen LogP contribution is -2.54. The van der Waals surface area contributed by atoms with E-state index in [4.69, 9.17) is 4.74 Å². The van der Waals surface area contributed by atoms with Crippen molar-refractivity contribution in [2.45, 2.75) is 77.5 Å². The summed E-state index contributed by atoms with van der Waals surface area (Å²) in [5.41, 5.74) is 1.45. The summed E-state index contributed by atoms with van der Waals surface area (Å²) >= 11 is 0. The summed E-state index contributed by atoms with van der Waals surface area (Å²) in [4.78, 5) is 38.3. The third kappa shape index (κ3) is 5.85. The molecule has 7 nitrogen and oxygen atoms in total. The molecule has 170 valence electrons. The summed E-state index contributed by atoms with van der Waals surface area (Å²) in [5.74, 6) is -0.713. The van der Waals surface area contributed by atoms with Crippen LogP contribution in [-0.2, 0) is 14.3 Å². The van der Waals surface area contributed by atoms with Gasteiger partial charge in [-0.05, 0) is 62.3 Å². The highest BCUT2D eigenvalue weighted by atomic mass is 16.5. The Morgan fingerprint density at radius 3 is 2.45 bits per heavy atom. The molecule has 0 bridgehead atoms. The quantitative estimate of drug-likeness (QED) is 0.561. The summed E-state index contributed by atoms with van der Waals surface area (Å²) in [6.07, 6.45) is 5.23. The highest BCUT2D eigenvalue weighted by Gasteiger charge is 2.39. The Balaban J connectivity index is 1.73. The number of benzene rings is 1. The van der Waals surface area contributed by atoms with Gasteiger partial charge in [0.25, 0.3) is 5.91 Å². The first kappa shape index (κ1) is 23.3. The van der Waals surface area contributed by atoms with Crippen molar-refractivity contribution >= 4 is 23.3 Å². The molecule has 7 heteroatoms. The predicted octanol–water partition coefficient (Wildman–Crippen LogP) is 3.05. The van der Waals surface area contributed by atoms with Crippen LogP contribution in [0.1, 0.15) is 69.7 Å². The number of ketones is 1. The monoisotopic (exact) mass is 429 g/mol. The first-order valence-corrected chi connectivity index (χ1v) is 11.4. The molecule has 2 amide bonds. The standard InChI is InChI=1S/C24H35N3O4/c1-4-20-21(19(28)15-31-20)27-23(30)18(14-24(3)12-6-7-13-24)26-22(29)16-8-10-17(11-9-16)25-5-2/h8-11,18,20-21,25H,4-7,12-15H2,1-3H3,(H,26,29)(H,27,30)/t18-,20-,21+/m0/s1. The molecule has 2 fully saturated rings. The van der Waals surface area contributed by atoms with Gasteiger partial charge in [0, 0.05) is 17.8 Å². The fourth-order valence-corrected chi connectivity index (χ4v) is 4.68. The summed E-state index contributed by atoms with van der Waals surface area (Å²) in [6.45, 7) is 6.94. The fourth-order valence-electron chi connectivity index (χ4n) is 4.68. The zero-order valence-electron chi connectivity index (χ0n) is 18.8. The van der Waals surface area contributed by atoms with Crippen molar-refractivity contribution in [2.75, 3.05) is 18.5 Å². The molecule has 1 heterocycles. The van der Waals surface area contributed by atoms with Gasteiger partial charge in [0.2, 0.25) is 5.91 Å². The molecule has 3 atom stereocenters. The highest BCUT2D eigenvalue weighted by Crippen LogP contribution is 2.41. The Labute approximate surface area is 184 Å². The van der Waals surface area contributed by atoms with E-state index in [2.05, 4.69) is 22.9 Å². The molecular formula is C24H35N3O4. The average molecular weight is 430 g/mol. The Morgan fingerprint density at radius 1 is 1.16 bits per heavy atom. The van der Waals surface area contributed by atoms with Crippen molar-refractivity contribution < 1.29 is 19.1 Å². The number of rotatable bonds is 9. The SMILES string of the molecule is CCNc1ccc(C(=O)N[C@@H](CC2(C)CCCC2)C(=O)N[C@@H]2C(=O)CO[C@H]2CC)cc1. The van der Waals surface area contributed by atoms with Gasteiger partial charge in [-0.25, -0.2) is 0 Å². The zero-order chi connectivity index (χ0) is 22.4. The molecule has 3 rings (SSSR count). The third-order valence-electron chi connectivity index (χ3n) is 6.52. The van der Waals surface area contributed by atoms with Crippen LogP contribution in [0.15, 0.2) is 24.3 Å². The lowest BCUT2D eigenvalue weighted by Gasteiger charge is -2.30. The van der Waals surface area contributed by atoms with Crippen molar-refractivity contribution in [3.63, 3.8) is 0 Å². The van der Waals surface area contributed by atoms with Gasteiger partial charge in [0.05, 0.1) is 6.10 Å². The van der Waals surface area contributed by atoms with Gasteiger partial charge in [0.1, 0.15) is 18.7 Å². The van der Waals surface area contributed by atoms with Gasteiger partial charge in [0.15, 0.2) is 5.78 Å². The number of Topliss-reactive ketones (excluding diaryl/α,β-unsaturated/α-hetero) is 1. The number of nitrogens with one attached hydrogen (secondary N) is 3. The van der Waals surface area contributed by atoms with E-state index in [9.17, 15) is 14.4 Å². The number of carbonyl (C=O) groups is 3. The minimum absolute atomic E-state index is 0.00450. The van der Waals surface area contributed by atoms with Crippen LogP contribution in [0.4, 0.5) is 5.69 Å². The average Bonchev–Trinajstić information content (AvgIpc) is 3.34. The van der Waals surface area contributed by atoms with Gasteiger partial charge in [-0.1, -0.05) is 26.7 Å². The van der Waals surface area contributed by atoms with Crippen molar-refractivity contribution in [3.05, 3.63) is 29.8 Å². The van der Waals surface area contributed by atoms with E-state index in [0.717, 1.165) is 37.9 Å². The third-order valence-corrected chi connectivity index (χ3v) is 6.52. The number of hydrogen-bond acceptors (Lipinski definition) is 5. The number of amides is 2. The summed E-state index contributed by atoms with van der Waals surface area (Å²) in [7, 11) is 0.